The number of amides is 3. The molecule has 0 heterocycles. The maximum atomic E-state index is 12.2. The van der Waals surface area contributed by atoms with Crippen molar-refractivity contribution in [1.29, 1.82) is 0 Å². The van der Waals surface area contributed by atoms with Crippen LogP contribution < -0.4 is 15.5 Å². The number of benzene rings is 2. The van der Waals surface area contributed by atoms with Gasteiger partial charge in [-0.2, -0.15) is 0 Å². The number of rotatable bonds is 6. The number of anilines is 3. The van der Waals surface area contributed by atoms with Crippen LogP contribution in [0.15, 0.2) is 54.6 Å². The Morgan fingerprint density at radius 1 is 0.880 bits per heavy atom. The van der Waals surface area contributed by atoms with E-state index in [0.29, 0.717) is 11.4 Å². The van der Waals surface area contributed by atoms with Crippen molar-refractivity contribution in [2.75, 3.05) is 22.1 Å². The minimum absolute atomic E-state index is 0.119. The van der Waals surface area contributed by atoms with Crippen LogP contribution in [0.25, 0.3) is 0 Å². The maximum absolute atomic E-state index is 12.2. The van der Waals surface area contributed by atoms with Crippen molar-refractivity contribution in [3.8, 4) is 0 Å². The Bertz CT molecular complexity index is 760. The van der Waals surface area contributed by atoms with E-state index in [2.05, 4.69) is 10.6 Å². The van der Waals surface area contributed by atoms with E-state index in [-0.39, 0.29) is 30.7 Å². The highest BCUT2D eigenvalue weighted by atomic mass is 16.2. The third kappa shape index (κ3) is 5.76. The molecule has 0 atom stereocenters. The highest BCUT2D eigenvalue weighted by Crippen LogP contribution is 2.16. The van der Waals surface area contributed by atoms with E-state index in [1.165, 1.54) is 13.8 Å². The van der Waals surface area contributed by atoms with Crippen LogP contribution >= 0.6 is 0 Å². The molecule has 0 bridgehead atoms. The van der Waals surface area contributed by atoms with E-state index in [9.17, 15) is 14.4 Å². The Kier molecular flexibility index (Phi) is 6.28. The predicted molar refractivity (Wildman–Crippen MR) is 98.5 cm³/mol. The van der Waals surface area contributed by atoms with Crippen LogP contribution in [0.4, 0.5) is 17.1 Å². The summed E-state index contributed by atoms with van der Waals surface area (Å²) in [7, 11) is 0. The van der Waals surface area contributed by atoms with Crippen molar-refractivity contribution in [3.63, 3.8) is 0 Å². The first-order chi connectivity index (χ1) is 12.0. The fraction of sp³-hybridized carbons (Fsp3) is 0.211. The fourth-order valence-electron chi connectivity index (χ4n) is 2.39. The van der Waals surface area contributed by atoms with Crippen LogP contribution in [-0.4, -0.2) is 24.3 Å². The quantitative estimate of drug-likeness (QED) is 0.849. The van der Waals surface area contributed by atoms with Gasteiger partial charge in [-0.05, 0) is 30.3 Å². The number of para-hydroxylation sites is 1. The molecule has 2 rings (SSSR count). The number of nitrogens with zero attached hydrogens (tertiary/aromatic N) is 1. The molecule has 2 aromatic carbocycles. The number of carbonyl (C=O) groups is 3. The third-order valence-corrected chi connectivity index (χ3v) is 3.48. The molecule has 6 heteroatoms. The van der Waals surface area contributed by atoms with E-state index < -0.39 is 0 Å². The number of hydrogen-bond acceptors (Lipinski definition) is 3. The van der Waals surface area contributed by atoms with Gasteiger partial charge in [-0.3, -0.25) is 14.4 Å². The second-order valence-corrected chi connectivity index (χ2v) is 5.57. The van der Waals surface area contributed by atoms with Crippen molar-refractivity contribution >= 4 is 34.8 Å². The molecule has 0 saturated carbocycles. The molecule has 6 nitrogen and oxygen atoms in total. The normalized spacial score (nSPS) is 10.0. The lowest BCUT2D eigenvalue weighted by Gasteiger charge is -2.20. The molecule has 0 fully saturated rings. The highest BCUT2D eigenvalue weighted by molar-refractivity contribution is 5.95. The summed E-state index contributed by atoms with van der Waals surface area (Å²) in [4.78, 5) is 36.6. The van der Waals surface area contributed by atoms with Gasteiger partial charge in [0.25, 0.3) is 0 Å². The Morgan fingerprint density at radius 3 is 2.12 bits per heavy atom. The first-order valence-electron chi connectivity index (χ1n) is 7.96. The third-order valence-electron chi connectivity index (χ3n) is 3.48. The van der Waals surface area contributed by atoms with Gasteiger partial charge in [0.15, 0.2) is 0 Å². The summed E-state index contributed by atoms with van der Waals surface area (Å²) >= 11 is 0. The SMILES string of the molecule is CC(=O)Nc1cccc(NC(=O)CCN(C(C)=O)c2ccccc2)c1. The van der Waals surface area contributed by atoms with E-state index in [0.717, 1.165) is 5.69 Å². The first-order valence-corrected chi connectivity index (χ1v) is 7.96. The van der Waals surface area contributed by atoms with Crippen LogP contribution in [0.5, 0.6) is 0 Å². The zero-order valence-corrected chi connectivity index (χ0v) is 14.3. The van der Waals surface area contributed by atoms with Gasteiger partial charge in [0.05, 0.1) is 0 Å². The van der Waals surface area contributed by atoms with Crippen molar-refractivity contribution in [3.05, 3.63) is 54.6 Å². The molecule has 0 spiro atoms. The van der Waals surface area contributed by atoms with Crippen LogP contribution in [0, 0.1) is 0 Å². The lowest BCUT2D eigenvalue weighted by atomic mass is 10.2. The molecule has 0 radical (unpaired) electrons. The number of hydrogen-bond donors (Lipinski definition) is 2. The van der Waals surface area contributed by atoms with Crippen LogP contribution in [0.3, 0.4) is 0 Å². The molecule has 0 aliphatic heterocycles. The van der Waals surface area contributed by atoms with Gasteiger partial charge in [0.1, 0.15) is 0 Å². The average Bonchev–Trinajstić information content (AvgIpc) is 2.55. The van der Waals surface area contributed by atoms with E-state index >= 15 is 0 Å². The Hall–Kier alpha value is -3.15. The molecule has 0 aromatic heterocycles. The summed E-state index contributed by atoms with van der Waals surface area (Å²) in [5.41, 5.74) is 1.96. The zero-order chi connectivity index (χ0) is 18.2. The van der Waals surface area contributed by atoms with E-state index in [4.69, 9.17) is 0 Å². The molecular formula is C19H21N3O3. The van der Waals surface area contributed by atoms with E-state index in [1.807, 2.05) is 30.3 Å². The van der Waals surface area contributed by atoms with Gasteiger partial charge in [-0.15, -0.1) is 0 Å². The fourth-order valence-corrected chi connectivity index (χ4v) is 2.39. The standard InChI is InChI=1S/C19H21N3O3/c1-14(23)20-16-7-6-8-17(13-16)21-19(25)11-12-22(15(2)24)18-9-4-3-5-10-18/h3-10,13H,11-12H2,1-2H3,(H,20,23)(H,21,25). The first kappa shape index (κ1) is 18.2. The summed E-state index contributed by atoms with van der Waals surface area (Å²) in [6.07, 6.45) is 0.166. The van der Waals surface area contributed by atoms with Gasteiger partial charge >= 0.3 is 0 Å². The minimum Gasteiger partial charge on any atom is -0.326 e. The second kappa shape index (κ2) is 8.63. The molecule has 0 aliphatic rings. The summed E-state index contributed by atoms with van der Waals surface area (Å²) in [5.74, 6) is -0.503. The van der Waals surface area contributed by atoms with Gasteiger partial charge in [0, 0.05) is 43.9 Å². The summed E-state index contributed by atoms with van der Waals surface area (Å²) in [5, 5.41) is 5.44. The average molecular weight is 339 g/mol. The largest absolute Gasteiger partial charge is 0.326 e. The van der Waals surface area contributed by atoms with Crippen molar-refractivity contribution in [2.45, 2.75) is 20.3 Å². The molecule has 25 heavy (non-hydrogen) atoms. The molecule has 130 valence electrons. The zero-order valence-electron chi connectivity index (χ0n) is 14.3. The van der Waals surface area contributed by atoms with Crippen LogP contribution in [0.2, 0.25) is 0 Å². The second-order valence-electron chi connectivity index (χ2n) is 5.57. The van der Waals surface area contributed by atoms with Crippen molar-refractivity contribution < 1.29 is 14.4 Å². The van der Waals surface area contributed by atoms with Gasteiger partial charge in [0.2, 0.25) is 17.7 Å². The van der Waals surface area contributed by atoms with Gasteiger partial charge in [-0.1, -0.05) is 24.3 Å². The predicted octanol–water partition coefficient (Wildman–Crippen LogP) is 3.03. The lowest BCUT2D eigenvalue weighted by molar-refractivity contribution is -0.117. The molecule has 0 saturated heterocycles. The van der Waals surface area contributed by atoms with E-state index in [1.54, 1.807) is 29.2 Å². The Morgan fingerprint density at radius 2 is 1.52 bits per heavy atom. The molecule has 0 aliphatic carbocycles. The van der Waals surface area contributed by atoms with Gasteiger partial charge < -0.3 is 15.5 Å². The summed E-state index contributed by atoms with van der Waals surface area (Å²) < 4.78 is 0. The van der Waals surface area contributed by atoms with Crippen LogP contribution in [-0.2, 0) is 14.4 Å². The topological polar surface area (TPSA) is 78.5 Å². The smallest absolute Gasteiger partial charge is 0.226 e. The summed E-state index contributed by atoms with van der Waals surface area (Å²) in [6.45, 7) is 3.18. The lowest BCUT2D eigenvalue weighted by Crippen LogP contribution is -2.31. The molecular weight excluding hydrogens is 318 g/mol. The molecule has 0 unspecified atom stereocenters. The monoisotopic (exact) mass is 339 g/mol. The molecule has 2 aromatic rings. The molecule has 2 N–H and O–H groups in total. The Labute approximate surface area is 146 Å². The van der Waals surface area contributed by atoms with Crippen LogP contribution in [0.1, 0.15) is 20.3 Å². The van der Waals surface area contributed by atoms with Crippen molar-refractivity contribution in [1.82, 2.24) is 0 Å². The van der Waals surface area contributed by atoms with Crippen molar-refractivity contribution in [2.24, 2.45) is 0 Å². The van der Waals surface area contributed by atoms with Gasteiger partial charge in [-0.25, -0.2) is 0 Å². The maximum Gasteiger partial charge on any atom is 0.226 e. The highest BCUT2D eigenvalue weighted by Gasteiger charge is 2.13. The Balaban J connectivity index is 1.95. The number of nitrogens with one attached hydrogen (secondary N) is 2. The minimum atomic E-state index is -0.206. The summed E-state index contributed by atoms with van der Waals surface area (Å²) in [6, 6.07) is 16.1. The number of carbonyl (C=O) groups excluding carboxylic acids is 3. The molecule has 3 amide bonds.